The van der Waals surface area contributed by atoms with Crippen LogP contribution in [0.1, 0.15) is 70.5 Å². The second kappa shape index (κ2) is 9.56. The third-order valence-electron chi connectivity index (χ3n) is 4.65. The first-order chi connectivity index (χ1) is 12.5. The fraction of sp³-hybridized carbons (Fsp3) is 0.611. The van der Waals surface area contributed by atoms with Crippen molar-refractivity contribution < 1.29 is 28.6 Å². The minimum atomic E-state index is -0.679. The monoisotopic (exact) mass is 383 g/mol. The Labute approximate surface area is 156 Å². The number of nitrogens with two attached hydrogens (primary N) is 1. The average Bonchev–Trinajstić information content (AvgIpc) is 3.00. The average molecular weight is 383 g/mol. The summed E-state index contributed by atoms with van der Waals surface area (Å²) in [6, 6.07) is 0. The lowest BCUT2D eigenvalue weighted by molar-refractivity contribution is -0.145. The highest BCUT2D eigenvalue weighted by Crippen LogP contribution is 2.33. The lowest BCUT2D eigenvalue weighted by Gasteiger charge is -2.20. The molecule has 0 bridgehead atoms. The first-order valence-corrected chi connectivity index (χ1v) is 9.53. The third kappa shape index (κ3) is 4.97. The van der Waals surface area contributed by atoms with Gasteiger partial charge in [0, 0.05) is 12.0 Å². The molecule has 1 saturated carbocycles. The molecule has 1 aromatic rings. The summed E-state index contributed by atoms with van der Waals surface area (Å²) in [6.07, 6.45) is 7.16. The predicted molar refractivity (Wildman–Crippen MR) is 97.0 cm³/mol. The molecule has 1 aliphatic rings. The number of carbonyl (C=O) groups is 3. The maximum atomic E-state index is 12.1. The minimum Gasteiger partial charge on any atom is -0.465 e. The van der Waals surface area contributed by atoms with Gasteiger partial charge in [-0.3, -0.25) is 4.79 Å². The Balaban J connectivity index is 2.03. The Morgan fingerprint density at radius 3 is 2.35 bits per heavy atom. The van der Waals surface area contributed by atoms with Crippen molar-refractivity contribution in [2.24, 2.45) is 5.92 Å². The number of thiophene rings is 1. The van der Waals surface area contributed by atoms with E-state index in [0.717, 1.165) is 30.6 Å². The number of nitrogen functional groups attached to an aromatic ring is 1. The topological polar surface area (TPSA) is 105 Å². The van der Waals surface area contributed by atoms with Gasteiger partial charge in [0.1, 0.15) is 22.0 Å². The van der Waals surface area contributed by atoms with Crippen molar-refractivity contribution in [3.8, 4) is 0 Å². The molecule has 8 heteroatoms. The molecule has 0 unspecified atom stereocenters. The van der Waals surface area contributed by atoms with Gasteiger partial charge in [0.2, 0.25) is 0 Å². The summed E-state index contributed by atoms with van der Waals surface area (Å²) < 4.78 is 14.7. The van der Waals surface area contributed by atoms with Crippen LogP contribution in [-0.2, 0) is 25.6 Å². The van der Waals surface area contributed by atoms with Gasteiger partial charge in [-0.05, 0) is 12.3 Å². The Hall–Kier alpha value is -2.09. The fourth-order valence-corrected chi connectivity index (χ4v) is 4.21. The summed E-state index contributed by atoms with van der Waals surface area (Å²) in [5.41, 5.74) is 6.13. The molecule has 144 valence electrons. The maximum Gasteiger partial charge on any atom is 0.348 e. The van der Waals surface area contributed by atoms with Crippen molar-refractivity contribution >= 4 is 34.2 Å². The Morgan fingerprint density at radius 2 is 1.73 bits per heavy atom. The summed E-state index contributed by atoms with van der Waals surface area (Å²) in [5, 5.41) is 0.130. The van der Waals surface area contributed by atoms with Crippen LogP contribution in [0.4, 0.5) is 5.00 Å². The number of hydrogen-bond acceptors (Lipinski definition) is 8. The second-order valence-corrected chi connectivity index (χ2v) is 7.39. The number of carbonyl (C=O) groups excluding carboxylic acids is 3. The molecule has 0 aliphatic heterocycles. The van der Waals surface area contributed by atoms with Gasteiger partial charge >= 0.3 is 17.9 Å². The lowest BCUT2D eigenvalue weighted by atomic mass is 9.86. The van der Waals surface area contributed by atoms with Crippen molar-refractivity contribution in [1.29, 1.82) is 0 Å². The highest BCUT2D eigenvalue weighted by atomic mass is 32.1. The number of ether oxygens (including phenoxy) is 3. The van der Waals surface area contributed by atoms with Crippen LogP contribution < -0.4 is 5.73 Å². The molecule has 0 atom stereocenters. The highest BCUT2D eigenvalue weighted by molar-refractivity contribution is 7.18. The van der Waals surface area contributed by atoms with Gasteiger partial charge in [0.15, 0.2) is 0 Å². The van der Waals surface area contributed by atoms with E-state index in [1.165, 1.54) is 33.5 Å². The Bertz CT molecular complexity index is 663. The van der Waals surface area contributed by atoms with Crippen molar-refractivity contribution in [3.05, 3.63) is 16.0 Å². The quantitative estimate of drug-likeness (QED) is 0.569. The molecule has 0 amide bonds. The zero-order valence-corrected chi connectivity index (χ0v) is 16.0. The van der Waals surface area contributed by atoms with Crippen molar-refractivity contribution in [3.63, 3.8) is 0 Å². The summed E-state index contributed by atoms with van der Waals surface area (Å²) in [6.45, 7) is -0.216. The molecule has 1 aromatic heterocycles. The summed E-state index contributed by atoms with van der Waals surface area (Å²) in [5.74, 6) is -1.09. The largest absolute Gasteiger partial charge is 0.465 e. The van der Waals surface area contributed by atoms with E-state index in [2.05, 4.69) is 0 Å². The minimum absolute atomic E-state index is 0.0537. The van der Waals surface area contributed by atoms with Crippen molar-refractivity contribution in [1.82, 2.24) is 0 Å². The standard InChI is InChI=1S/C18H25NO6S/c1-23-17(21)14-12(15(18(22)24-2)26-16(14)19)10-25-13(20)9-8-11-6-4-3-5-7-11/h11H,3-10,19H2,1-2H3. The van der Waals surface area contributed by atoms with E-state index >= 15 is 0 Å². The summed E-state index contributed by atoms with van der Waals surface area (Å²) in [7, 11) is 2.45. The van der Waals surface area contributed by atoms with Gasteiger partial charge in [-0.25, -0.2) is 9.59 Å². The van der Waals surface area contributed by atoms with E-state index in [9.17, 15) is 14.4 Å². The van der Waals surface area contributed by atoms with Crippen molar-refractivity contribution in [2.75, 3.05) is 20.0 Å². The van der Waals surface area contributed by atoms with E-state index < -0.39 is 11.9 Å². The molecule has 1 fully saturated rings. The van der Waals surface area contributed by atoms with Gasteiger partial charge in [-0.15, -0.1) is 11.3 Å². The zero-order valence-electron chi connectivity index (χ0n) is 15.2. The van der Waals surface area contributed by atoms with E-state index in [1.54, 1.807) is 0 Å². The molecular formula is C18H25NO6S. The van der Waals surface area contributed by atoms with Gasteiger partial charge in [-0.2, -0.15) is 0 Å². The van der Waals surface area contributed by atoms with E-state index in [0.29, 0.717) is 12.3 Å². The SMILES string of the molecule is COC(=O)c1sc(N)c(C(=O)OC)c1COC(=O)CCC1CCCCC1. The Morgan fingerprint density at radius 1 is 1.08 bits per heavy atom. The lowest BCUT2D eigenvalue weighted by Crippen LogP contribution is -2.14. The van der Waals surface area contributed by atoms with E-state index in [1.807, 2.05) is 0 Å². The third-order valence-corrected chi connectivity index (χ3v) is 5.69. The zero-order chi connectivity index (χ0) is 19.1. The van der Waals surface area contributed by atoms with Crippen LogP contribution in [0.3, 0.4) is 0 Å². The molecule has 7 nitrogen and oxygen atoms in total. The fourth-order valence-electron chi connectivity index (χ4n) is 3.23. The molecular weight excluding hydrogens is 358 g/mol. The van der Waals surface area contributed by atoms with Crippen LogP contribution in [0.2, 0.25) is 0 Å². The second-order valence-electron chi connectivity index (χ2n) is 6.34. The summed E-state index contributed by atoms with van der Waals surface area (Å²) >= 11 is 0.916. The van der Waals surface area contributed by atoms with Crippen molar-refractivity contribution in [2.45, 2.75) is 51.6 Å². The molecule has 26 heavy (non-hydrogen) atoms. The molecule has 2 rings (SSSR count). The Kier molecular flexibility index (Phi) is 7.44. The highest BCUT2D eigenvalue weighted by Gasteiger charge is 2.28. The van der Waals surface area contributed by atoms with E-state index in [4.69, 9.17) is 19.9 Å². The van der Waals surface area contributed by atoms with Crippen LogP contribution in [0, 0.1) is 5.92 Å². The number of anilines is 1. The van der Waals surface area contributed by atoms with Gasteiger partial charge in [0.05, 0.1) is 14.2 Å². The van der Waals surface area contributed by atoms with Crippen LogP contribution in [0.5, 0.6) is 0 Å². The van der Waals surface area contributed by atoms with Crippen LogP contribution in [0.25, 0.3) is 0 Å². The maximum absolute atomic E-state index is 12.1. The molecule has 0 radical (unpaired) electrons. The smallest absolute Gasteiger partial charge is 0.348 e. The molecule has 0 spiro atoms. The summed E-state index contributed by atoms with van der Waals surface area (Å²) in [4.78, 5) is 36.1. The van der Waals surface area contributed by atoms with Gasteiger partial charge in [-0.1, -0.05) is 32.1 Å². The number of hydrogen-bond donors (Lipinski definition) is 1. The molecule has 2 N–H and O–H groups in total. The first-order valence-electron chi connectivity index (χ1n) is 8.71. The van der Waals surface area contributed by atoms with Gasteiger partial charge < -0.3 is 19.9 Å². The molecule has 1 aliphatic carbocycles. The van der Waals surface area contributed by atoms with Crippen LogP contribution in [0.15, 0.2) is 0 Å². The number of rotatable bonds is 7. The van der Waals surface area contributed by atoms with E-state index in [-0.39, 0.29) is 33.6 Å². The first kappa shape index (κ1) is 20.2. The molecule has 0 saturated heterocycles. The molecule has 1 heterocycles. The van der Waals surface area contributed by atoms with Crippen LogP contribution >= 0.6 is 11.3 Å². The predicted octanol–water partition coefficient (Wildman–Crippen LogP) is 3.31. The molecule has 0 aromatic carbocycles. The van der Waals surface area contributed by atoms with Crippen LogP contribution in [-0.4, -0.2) is 32.1 Å². The van der Waals surface area contributed by atoms with Gasteiger partial charge in [0.25, 0.3) is 0 Å². The normalized spacial score (nSPS) is 14.7. The number of esters is 3. The number of methoxy groups -OCH3 is 2.